The average molecular weight is 441 g/mol. The van der Waals surface area contributed by atoms with E-state index in [1.54, 1.807) is 0 Å². The second-order valence-corrected chi connectivity index (χ2v) is 9.01. The molecule has 172 valence electrons. The molecule has 0 saturated heterocycles. The summed E-state index contributed by atoms with van der Waals surface area (Å²) in [5, 5.41) is 9.72. The maximum atomic E-state index is 8.13. The van der Waals surface area contributed by atoms with Crippen LogP contribution in [0.4, 0.5) is 5.69 Å². The van der Waals surface area contributed by atoms with Crippen LogP contribution < -0.4 is 10.3 Å². The van der Waals surface area contributed by atoms with Gasteiger partial charge in [0, 0.05) is 47.4 Å². The lowest BCUT2D eigenvalue weighted by molar-refractivity contribution is 0.618. The molecule has 1 aliphatic heterocycles. The Morgan fingerprint density at radius 2 is 1.52 bits per heavy atom. The third-order valence-corrected chi connectivity index (χ3v) is 6.42. The van der Waals surface area contributed by atoms with Crippen LogP contribution in [0.25, 0.3) is 33.4 Å². The Labute approximate surface area is 197 Å². The maximum Gasteiger partial charge on any atom is 0.137 e. The van der Waals surface area contributed by atoms with Crippen molar-refractivity contribution in [3.8, 4) is 22.5 Å². The highest BCUT2D eigenvalue weighted by Crippen LogP contribution is 2.41. The summed E-state index contributed by atoms with van der Waals surface area (Å²) in [5.41, 5.74) is 6.92. The van der Waals surface area contributed by atoms with Gasteiger partial charge in [-0.05, 0) is 54.7 Å². The molecule has 0 atom stereocenters. The Bertz CT molecular complexity index is 1210. The van der Waals surface area contributed by atoms with Crippen molar-refractivity contribution in [3.05, 3.63) is 71.6 Å². The minimum atomic E-state index is 0.471. The molecule has 1 N–H and O–H groups in total. The van der Waals surface area contributed by atoms with Crippen LogP contribution in [0.3, 0.4) is 0 Å². The molecule has 0 amide bonds. The summed E-state index contributed by atoms with van der Waals surface area (Å²) in [6.07, 6.45) is 7.01. The van der Waals surface area contributed by atoms with Crippen molar-refractivity contribution in [1.29, 1.82) is 5.41 Å². The summed E-state index contributed by atoms with van der Waals surface area (Å²) in [4.78, 5) is 2.49. The molecular formula is C30H36N2O. The van der Waals surface area contributed by atoms with E-state index in [1.807, 2.05) is 18.2 Å². The number of nitrogens with zero attached hydrogens (tertiary/aromatic N) is 1. The Morgan fingerprint density at radius 3 is 2.18 bits per heavy atom. The summed E-state index contributed by atoms with van der Waals surface area (Å²) in [6.45, 7) is 8.84. The van der Waals surface area contributed by atoms with E-state index in [0.29, 0.717) is 5.36 Å². The minimum absolute atomic E-state index is 0.471. The average Bonchev–Trinajstić information content (AvgIpc) is 2.83. The van der Waals surface area contributed by atoms with Gasteiger partial charge < -0.3 is 14.7 Å². The molecule has 2 aliphatic rings. The molecule has 1 aliphatic carbocycles. The first kappa shape index (κ1) is 23.1. The Hall–Kier alpha value is -3.07. The Kier molecular flexibility index (Phi) is 7.49. The van der Waals surface area contributed by atoms with Crippen LogP contribution in [-0.2, 0) is 6.42 Å². The zero-order chi connectivity index (χ0) is 23.2. The van der Waals surface area contributed by atoms with E-state index in [-0.39, 0.29) is 0 Å². The molecule has 0 saturated carbocycles. The lowest BCUT2D eigenvalue weighted by atomic mass is 9.92. The van der Waals surface area contributed by atoms with Crippen LogP contribution >= 0.6 is 0 Å². The number of hydrogen-bond donors (Lipinski definition) is 1. The first-order valence-electron chi connectivity index (χ1n) is 12.5. The molecule has 4 rings (SSSR count). The van der Waals surface area contributed by atoms with E-state index < -0.39 is 0 Å². The number of nitrogens with one attached hydrogen (secondary N) is 1. The van der Waals surface area contributed by atoms with Gasteiger partial charge in [-0.1, -0.05) is 64.3 Å². The number of aryl methyl sites for hydroxylation is 1. The summed E-state index contributed by atoms with van der Waals surface area (Å²) in [5.74, 6) is 0.772. The molecule has 0 unspecified atom stereocenters. The third kappa shape index (κ3) is 5.13. The van der Waals surface area contributed by atoms with Crippen LogP contribution in [0.5, 0.6) is 0 Å². The normalized spacial score (nSPS) is 11.4. The van der Waals surface area contributed by atoms with Crippen molar-refractivity contribution in [1.82, 2.24) is 0 Å². The van der Waals surface area contributed by atoms with Gasteiger partial charge in [0.05, 0.1) is 5.36 Å². The highest BCUT2D eigenvalue weighted by atomic mass is 16.3. The van der Waals surface area contributed by atoms with Gasteiger partial charge in [0.1, 0.15) is 11.3 Å². The summed E-state index contributed by atoms with van der Waals surface area (Å²) < 4.78 is 6.40. The number of fused-ring (bicyclic) bond motifs is 2. The number of hydrogen-bond acceptors (Lipinski definition) is 3. The van der Waals surface area contributed by atoms with Crippen molar-refractivity contribution < 1.29 is 4.42 Å². The zero-order valence-electron chi connectivity index (χ0n) is 20.3. The van der Waals surface area contributed by atoms with E-state index in [1.165, 1.54) is 48.1 Å². The first-order chi connectivity index (χ1) is 16.1. The smallest absolute Gasteiger partial charge is 0.137 e. The standard InChI is InChI=1S/C30H36N2O/c1-4-7-18-32(19-8-5-2)25-15-17-27-29(21-25)33-28-20-24(31)14-16-26(28)30(27)23-12-10-22(9-6-3)11-13-23/h10-17,20-21,31H,4-9,18-19H2,1-3H3. The van der Waals surface area contributed by atoms with Crippen LogP contribution in [0, 0.1) is 5.41 Å². The summed E-state index contributed by atoms with van der Waals surface area (Å²) in [6, 6.07) is 21.3. The fourth-order valence-electron chi connectivity index (χ4n) is 4.58. The molecule has 2 aromatic rings. The highest BCUT2D eigenvalue weighted by molar-refractivity contribution is 6.02. The van der Waals surface area contributed by atoms with Crippen molar-refractivity contribution >= 4 is 16.7 Å². The Balaban J connectivity index is 1.87. The SMILES string of the molecule is CCCCN(CCCC)c1ccc2c(-c3ccc(CCC)cc3)c3ccc(=N)cc-3oc2c1. The third-order valence-electron chi connectivity index (χ3n) is 6.42. The summed E-state index contributed by atoms with van der Waals surface area (Å²) >= 11 is 0. The van der Waals surface area contributed by atoms with Crippen LogP contribution in [-0.4, -0.2) is 13.1 Å². The van der Waals surface area contributed by atoms with Gasteiger partial charge in [0.2, 0.25) is 0 Å². The lowest BCUT2D eigenvalue weighted by Gasteiger charge is -2.25. The second-order valence-electron chi connectivity index (χ2n) is 9.01. The van der Waals surface area contributed by atoms with E-state index in [2.05, 4.69) is 68.1 Å². The molecule has 0 bridgehead atoms. The zero-order valence-corrected chi connectivity index (χ0v) is 20.3. The maximum absolute atomic E-state index is 8.13. The monoisotopic (exact) mass is 440 g/mol. The molecule has 0 fully saturated rings. The molecule has 33 heavy (non-hydrogen) atoms. The minimum Gasteiger partial charge on any atom is -0.456 e. The van der Waals surface area contributed by atoms with Crippen LogP contribution in [0.15, 0.2) is 65.1 Å². The van der Waals surface area contributed by atoms with Gasteiger partial charge in [-0.25, -0.2) is 0 Å². The van der Waals surface area contributed by atoms with E-state index in [9.17, 15) is 0 Å². The summed E-state index contributed by atoms with van der Waals surface area (Å²) in [7, 11) is 0. The number of anilines is 1. The predicted octanol–water partition coefficient (Wildman–Crippen LogP) is 8.04. The fraction of sp³-hybridized carbons (Fsp3) is 0.367. The molecule has 0 aromatic heterocycles. The van der Waals surface area contributed by atoms with Gasteiger partial charge in [-0.2, -0.15) is 0 Å². The van der Waals surface area contributed by atoms with Gasteiger partial charge >= 0.3 is 0 Å². The van der Waals surface area contributed by atoms with E-state index >= 15 is 0 Å². The first-order valence-corrected chi connectivity index (χ1v) is 12.5. The van der Waals surface area contributed by atoms with Gasteiger partial charge in [-0.3, -0.25) is 0 Å². The van der Waals surface area contributed by atoms with Gasteiger partial charge in [-0.15, -0.1) is 0 Å². The molecule has 0 radical (unpaired) electrons. The molecule has 1 heterocycles. The van der Waals surface area contributed by atoms with Crippen LogP contribution in [0.2, 0.25) is 0 Å². The largest absolute Gasteiger partial charge is 0.456 e. The predicted molar refractivity (Wildman–Crippen MR) is 140 cm³/mol. The van der Waals surface area contributed by atoms with E-state index in [0.717, 1.165) is 48.2 Å². The second kappa shape index (κ2) is 10.7. The van der Waals surface area contributed by atoms with E-state index in [4.69, 9.17) is 9.83 Å². The molecule has 3 heteroatoms. The highest BCUT2D eigenvalue weighted by Gasteiger charge is 2.18. The number of rotatable bonds is 10. The van der Waals surface area contributed by atoms with Gasteiger partial charge in [0.15, 0.2) is 0 Å². The molecule has 0 spiro atoms. The topological polar surface area (TPSA) is 40.2 Å². The fourth-order valence-corrected chi connectivity index (χ4v) is 4.58. The molecule has 2 aromatic carbocycles. The Morgan fingerprint density at radius 1 is 0.788 bits per heavy atom. The van der Waals surface area contributed by atoms with Crippen molar-refractivity contribution in [2.45, 2.75) is 59.3 Å². The molecular weight excluding hydrogens is 404 g/mol. The van der Waals surface area contributed by atoms with Gasteiger partial charge in [0.25, 0.3) is 0 Å². The van der Waals surface area contributed by atoms with Crippen molar-refractivity contribution in [2.75, 3.05) is 18.0 Å². The number of unbranched alkanes of at least 4 members (excludes halogenated alkanes) is 2. The number of benzene rings is 3. The molecule has 3 nitrogen and oxygen atoms in total. The van der Waals surface area contributed by atoms with Crippen molar-refractivity contribution in [3.63, 3.8) is 0 Å². The lowest BCUT2D eigenvalue weighted by Crippen LogP contribution is -2.25. The van der Waals surface area contributed by atoms with Crippen molar-refractivity contribution in [2.24, 2.45) is 0 Å². The van der Waals surface area contributed by atoms with Crippen LogP contribution in [0.1, 0.15) is 58.4 Å². The quantitative estimate of drug-likeness (QED) is 0.253.